The van der Waals surface area contributed by atoms with E-state index in [4.69, 9.17) is 9.15 Å². The van der Waals surface area contributed by atoms with Crippen LogP contribution in [0, 0.1) is 11.8 Å². The number of hydrogen-bond acceptors (Lipinski definition) is 6. The first-order valence-electron chi connectivity index (χ1n) is 7.59. The Kier molecular flexibility index (Phi) is 3.95. The number of aromatic nitrogens is 2. The molecule has 2 aliphatic rings. The number of ether oxygens (including phenoxy) is 1. The van der Waals surface area contributed by atoms with Crippen molar-refractivity contribution in [2.75, 3.05) is 11.9 Å². The lowest BCUT2D eigenvalue weighted by atomic mass is 9.89. The van der Waals surface area contributed by atoms with Gasteiger partial charge in [0.05, 0.1) is 24.2 Å². The maximum Gasteiger partial charge on any atom is 0.322 e. The lowest BCUT2D eigenvalue weighted by Gasteiger charge is -2.16. The van der Waals surface area contributed by atoms with E-state index in [1.165, 1.54) is 0 Å². The Hall–Kier alpha value is -1.47. The van der Waals surface area contributed by atoms with Crippen molar-refractivity contribution < 1.29 is 13.9 Å². The lowest BCUT2D eigenvalue weighted by molar-refractivity contribution is -0.122. The monoisotopic (exact) mass is 294 g/mol. The van der Waals surface area contributed by atoms with Crippen molar-refractivity contribution in [3.05, 3.63) is 5.89 Å². The van der Waals surface area contributed by atoms with Gasteiger partial charge in [-0.05, 0) is 39.2 Å². The van der Waals surface area contributed by atoms with E-state index in [0.29, 0.717) is 5.89 Å². The zero-order valence-electron chi connectivity index (χ0n) is 12.6. The molecule has 5 unspecified atom stereocenters. The summed E-state index contributed by atoms with van der Waals surface area (Å²) in [6, 6.07) is 0.276. The molecule has 1 aromatic heterocycles. The molecule has 7 nitrogen and oxygen atoms in total. The van der Waals surface area contributed by atoms with Gasteiger partial charge in [-0.25, -0.2) is 0 Å². The molecule has 1 aromatic rings. The van der Waals surface area contributed by atoms with Gasteiger partial charge >= 0.3 is 6.01 Å². The molecule has 21 heavy (non-hydrogen) atoms. The van der Waals surface area contributed by atoms with Crippen LogP contribution >= 0.6 is 0 Å². The van der Waals surface area contributed by atoms with Crippen molar-refractivity contribution in [2.24, 2.45) is 11.8 Å². The van der Waals surface area contributed by atoms with E-state index in [1.54, 1.807) is 0 Å². The number of nitrogens with one attached hydrogen (secondary N) is 2. The Morgan fingerprint density at radius 2 is 2.10 bits per heavy atom. The van der Waals surface area contributed by atoms with Gasteiger partial charge in [0.15, 0.2) is 0 Å². The third kappa shape index (κ3) is 2.80. The molecule has 5 atom stereocenters. The van der Waals surface area contributed by atoms with E-state index in [-0.39, 0.29) is 42.0 Å². The van der Waals surface area contributed by atoms with Crippen molar-refractivity contribution in [1.29, 1.82) is 0 Å². The van der Waals surface area contributed by atoms with Crippen LogP contribution in [0.25, 0.3) is 0 Å². The van der Waals surface area contributed by atoms with Crippen molar-refractivity contribution in [3.63, 3.8) is 0 Å². The summed E-state index contributed by atoms with van der Waals surface area (Å²) in [5, 5.41) is 13.9. The minimum absolute atomic E-state index is 0.0803. The van der Waals surface area contributed by atoms with Gasteiger partial charge in [0.2, 0.25) is 11.8 Å². The maximum absolute atomic E-state index is 12.4. The molecule has 0 aromatic carbocycles. The molecule has 0 aliphatic carbocycles. The molecule has 2 aliphatic heterocycles. The predicted molar refractivity (Wildman–Crippen MR) is 75.6 cm³/mol. The Bertz CT molecular complexity index is 512. The van der Waals surface area contributed by atoms with Gasteiger partial charge in [-0.15, -0.1) is 5.10 Å². The van der Waals surface area contributed by atoms with Crippen LogP contribution in [-0.4, -0.2) is 34.9 Å². The number of anilines is 1. The van der Waals surface area contributed by atoms with Crippen LogP contribution in [0.5, 0.6) is 0 Å². The summed E-state index contributed by atoms with van der Waals surface area (Å²) in [6.45, 7) is 6.90. The number of carbonyl (C=O) groups is 1. The molecule has 0 bridgehead atoms. The molecule has 0 saturated carbocycles. The fourth-order valence-corrected chi connectivity index (χ4v) is 3.23. The van der Waals surface area contributed by atoms with Crippen molar-refractivity contribution >= 4 is 11.9 Å². The zero-order valence-corrected chi connectivity index (χ0v) is 12.6. The topological polar surface area (TPSA) is 89.3 Å². The van der Waals surface area contributed by atoms with E-state index < -0.39 is 0 Å². The highest BCUT2D eigenvalue weighted by molar-refractivity contribution is 5.91. The minimum atomic E-state index is -0.194. The number of carbonyl (C=O) groups excluding carboxylic acids is 1. The Morgan fingerprint density at radius 3 is 2.71 bits per heavy atom. The highest BCUT2D eigenvalue weighted by atomic mass is 16.5. The van der Waals surface area contributed by atoms with Gasteiger partial charge in [0, 0.05) is 0 Å². The molecular weight excluding hydrogens is 272 g/mol. The van der Waals surface area contributed by atoms with Gasteiger partial charge in [-0.1, -0.05) is 12.0 Å². The van der Waals surface area contributed by atoms with E-state index in [1.807, 2.05) is 20.8 Å². The van der Waals surface area contributed by atoms with E-state index >= 15 is 0 Å². The van der Waals surface area contributed by atoms with Crippen LogP contribution in [0.2, 0.25) is 0 Å². The Balaban J connectivity index is 1.65. The average Bonchev–Trinajstić information content (AvgIpc) is 3.11. The molecule has 3 rings (SSSR count). The summed E-state index contributed by atoms with van der Waals surface area (Å²) in [5.74, 6) is 0.396. The average molecular weight is 294 g/mol. The second-order valence-electron chi connectivity index (χ2n) is 6.01. The molecule has 2 N–H and O–H groups in total. The summed E-state index contributed by atoms with van der Waals surface area (Å²) >= 11 is 0. The normalized spacial score (nSPS) is 36.0. The van der Waals surface area contributed by atoms with Crippen molar-refractivity contribution in [1.82, 2.24) is 15.5 Å². The first kappa shape index (κ1) is 14.5. The molecule has 1 amide bonds. The molecule has 7 heteroatoms. The number of rotatable bonds is 3. The third-order valence-electron chi connectivity index (χ3n) is 4.57. The maximum atomic E-state index is 12.4. The van der Waals surface area contributed by atoms with Crippen molar-refractivity contribution in [3.8, 4) is 0 Å². The van der Waals surface area contributed by atoms with Crippen molar-refractivity contribution in [2.45, 2.75) is 51.9 Å². The van der Waals surface area contributed by atoms with Crippen LogP contribution in [-0.2, 0) is 9.53 Å². The lowest BCUT2D eigenvalue weighted by Crippen LogP contribution is -2.32. The molecule has 2 fully saturated rings. The molecule has 2 saturated heterocycles. The SMILES string of the molecule is CC1OC(C)C(C(=O)Nc2nnc(C3CCCN3)o2)C1C. The molecule has 116 valence electrons. The predicted octanol–water partition coefficient (Wildman–Crippen LogP) is 1.49. The molecular formula is C14H22N4O3. The highest BCUT2D eigenvalue weighted by Gasteiger charge is 2.42. The Morgan fingerprint density at radius 1 is 1.29 bits per heavy atom. The van der Waals surface area contributed by atoms with Crippen LogP contribution < -0.4 is 10.6 Å². The summed E-state index contributed by atoms with van der Waals surface area (Å²) in [5.41, 5.74) is 0. The second-order valence-corrected chi connectivity index (χ2v) is 6.01. The third-order valence-corrected chi connectivity index (χ3v) is 4.57. The van der Waals surface area contributed by atoms with E-state index in [9.17, 15) is 4.79 Å². The van der Waals surface area contributed by atoms with Crippen LogP contribution in [0.15, 0.2) is 4.42 Å². The molecule has 0 spiro atoms. The second kappa shape index (κ2) is 5.73. The highest BCUT2D eigenvalue weighted by Crippen LogP contribution is 2.33. The largest absolute Gasteiger partial charge is 0.406 e. The van der Waals surface area contributed by atoms with Gasteiger partial charge < -0.3 is 14.5 Å². The van der Waals surface area contributed by atoms with Gasteiger partial charge in [0.25, 0.3) is 0 Å². The van der Waals surface area contributed by atoms with Gasteiger partial charge in [-0.2, -0.15) is 0 Å². The first-order valence-corrected chi connectivity index (χ1v) is 7.59. The summed E-state index contributed by atoms with van der Waals surface area (Å²) in [7, 11) is 0. The standard InChI is InChI=1S/C14H22N4O3/c1-7-8(2)20-9(3)11(7)12(19)16-14-18-17-13(21-14)10-5-4-6-15-10/h7-11,15H,4-6H2,1-3H3,(H,16,18,19). The molecule has 0 radical (unpaired) electrons. The number of nitrogens with zero attached hydrogens (tertiary/aromatic N) is 2. The Labute approximate surface area is 123 Å². The first-order chi connectivity index (χ1) is 10.1. The summed E-state index contributed by atoms with van der Waals surface area (Å²) in [6.07, 6.45) is 2.06. The number of amides is 1. The van der Waals surface area contributed by atoms with Crippen LogP contribution in [0.4, 0.5) is 6.01 Å². The number of hydrogen-bond donors (Lipinski definition) is 2. The van der Waals surface area contributed by atoms with Crippen LogP contribution in [0.1, 0.15) is 45.5 Å². The van der Waals surface area contributed by atoms with E-state index in [2.05, 4.69) is 20.8 Å². The quantitative estimate of drug-likeness (QED) is 0.878. The minimum Gasteiger partial charge on any atom is -0.406 e. The summed E-state index contributed by atoms with van der Waals surface area (Å²) < 4.78 is 11.2. The van der Waals surface area contributed by atoms with Gasteiger partial charge in [0.1, 0.15) is 0 Å². The van der Waals surface area contributed by atoms with Crippen LogP contribution in [0.3, 0.4) is 0 Å². The fourth-order valence-electron chi connectivity index (χ4n) is 3.23. The smallest absolute Gasteiger partial charge is 0.322 e. The fraction of sp³-hybridized carbons (Fsp3) is 0.786. The molecule has 3 heterocycles. The summed E-state index contributed by atoms with van der Waals surface area (Å²) in [4.78, 5) is 12.4. The zero-order chi connectivity index (χ0) is 15.0. The van der Waals surface area contributed by atoms with E-state index in [0.717, 1.165) is 19.4 Å². The van der Waals surface area contributed by atoms with Gasteiger partial charge in [-0.3, -0.25) is 10.1 Å².